The SMILES string of the molecule is COC(=O)CC[C@H](NC(=O)c1cccc(=O)[nH]1)C(=O)O. The maximum absolute atomic E-state index is 11.8. The van der Waals surface area contributed by atoms with Crippen molar-refractivity contribution in [1.29, 1.82) is 0 Å². The molecule has 1 heterocycles. The molecule has 0 saturated carbocycles. The Balaban J connectivity index is 2.70. The normalized spacial score (nSPS) is 11.4. The number of nitrogens with one attached hydrogen (secondary N) is 2. The lowest BCUT2D eigenvalue weighted by molar-refractivity contribution is -0.142. The van der Waals surface area contributed by atoms with E-state index < -0.39 is 29.4 Å². The Kier molecular flexibility index (Phi) is 5.45. The van der Waals surface area contributed by atoms with Gasteiger partial charge in [-0.05, 0) is 12.5 Å². The van der Waals surface area contributed by atoms with Crippen LogP contribution < -0.4 is 10.9 Å². The topological polar surface area (TPSA) is 126 Å². The minimum absolute atomic E-state index is 0.0539. The first-order valence-corrected chi connectivity index (χ1v) is 5.74. The molecule has 0 radical (unpaired) electrons. The number of carboxylic acids is 1. The third kappa shape index (κ3) is 4.56. The summed E-state index contributed by atoms with van der Waals surface area (Å²) in [6.45, 7) is 0. The second-order valence-electron chi connectivity index (χ2n) is 3.91. The lowest BCUT2D eigenvalue weighted by atomic mass is 10.1. The number of ether oxygens (including phenoxy) is 1. The molecular weight excluding hydrogens is 268 g/mol. The molecule has 0 bridgehead atoms. The minimum atomic E-state index is -1.28. The Labute approximate surface area is 113 Å². The summed E-state index contributed by atoms with van der Waals surface area (Å²) in [5.74, 6) is -2.58. The first kappa shape index (κ1) is 15.4. The number of hydrogen-bond donors (Lipinski definition) is 3. The standard InChI is InChI=1S/C12H14N2O6/c1-20-10(16)6-5-8(12(18)19)14-11(17)7-3-2-4-9(15)13-7/h2-4,8H,5-6H2,1H3,(H,13,15)(H,14,17)(H,18,19)/t8-/m0/s1. The monoisotopic (exact) mass is 282 g/mol. The molecule has 0 aliphatic heterocycles. The highest BCUT2D eigenvalue weighted by molar-refractivity contribution is 5.94. The molecule has 0 aromatic carbocycles. The highest BCUT2D eigenvalue weighted by Crippen LogP contribution is 2.01. The zero-order valence-corrected chi connectivity index (χ0v) is 10.7. The highest BCUT2D eigenvalue weighted by atomic mass is 16.5. The quantitative estimate of drug-likeness (QED) is 0.604. The van der Waals surface area contributed by atoms with Crippen molar-refractivity contribution < 1.29 is 24.2 Å². The van der Waals surface area contributed by atoms with Crippen molar-refractivity contribution in [3.05, 3.63) is 34.2 Å². The molecule has 0 fully saturated rings. The summed E-state index contributed by atoms with van der Waals surface area (Å²) in [6, 6.07) is 2.70. The fourth-order valence-corrected chi connectivity index (χ4v) is 1.44. The molecule has 8 nitrogen and oxygen atoms in total. The van der Waals surface area contributed by atoms with E-state index in [1.807, 2.05) is 0 Å². The molecule has 1 atom stereocenters. The molecule has 108 valence electrons. The van der Waals surface area contributed by atoms with Crippen molar-refractivity contribution in [3.63, 3.8) is 0 Å². The van der Waals surface area contributed by atoms with Gasteiger partial charge in [-0.15, -0.1) is 0 Å². The largest absolute Gasteiger partial charge is 0.480 e. The zero-order chi connectivity index (χ0) is 15.1. The number of H-pyrrole nitrogens is 1. The molecule has 0 spiro atoms. The van der Waals surface area contributed by atoms with Gasteiger partial charge in [0.1, 0.15) is 11.7 Å². The number of aromatic nitrogens is 1. The van der Waals surface area contributed by atoms with Crippen LogP contribution in [0.25, 0.3) is 0 Å². The number of hydrogen-bond acceptors (Lipinski definition) is 5. The molecule has 3 N–H and O–H groups in total. The molecule has 1 rings (SSSR count). The summed E-state index contributed by atoms with van der Waals surface area (Å²) in [5.41, 5.74) is -0.527. The van der Waals surface area contributed by atoms with Gasteiger partial charge in [0.05, 0.1) is 7.11 Å². The number of methoxy groups -OCH3 is 1. The molecule has 1 aromatic heterocycles. The predicted molar refractivity (Wildman–Crippen MR) is 67.2 cm³/mol. The van der Waals surface area contributed by atoms with Crippen LogP contribution in [0.5, 0.6) is 0 Å². The number of aromatic amines is 1. The van der Waals surface area contributed by atoms with E-state index in [-0.39, 0.29) is 18.5 Å². The maximum Gasteiger partial charge on any atom is 0.326 e. The maximum atomic E-state index is 11.8. The van der Waals surface area contributed by atoms with Crippen LogP contribution in [-0.4, -0.2) is 41.1 Å². The Morgan fingerprint density at radius 1 is 1.40 bits per heavy atom. The summed E-state index contributed by atoms with van der Waals surface area (Å²) in [5, 5.41) is 11.2. The van der Waals surface area contributed by atoms with Crippen molar-refractivity contribution in [2.75, 3.05) is 7.11 Å². The summed E-state index contributed by atoms with van der Waals surface area (Å²) in [4.78, 5) is 47.1. The van der Waals surface area contributed by atoms with E-state index in [1.54, 1.807) is 0 Å². The summed E-state index contributed by atoms with van der Waals surface area (Å²) >= 11 is 0. The Morgan fingerprint density at radius 2 is 2.10 bits per heavy atom. The fraction of sp³-hybridized carbons (Fsp3) is 0.333. The van der Waals surface area contributed by atoms with E-state index in [9.17, 15) is 19.2 Å². The van der Waals surface area contributed by atoms with Crippen molar-refractivity contribution >= 4 is 17.8 Å². The molecule has 1 aromatic rings. The number of esters is 1. The Morgan fingerprint density at radius 3 is 2.65 bits per heavy atom. The molecule has 0 aliphatic rings. The molecule has 8 heteroatoms. The van der Waals surface area contributed by atoms with Gasteiger partial charge in [0, 0.05) is 12.5 Å². The number of amides is 1. The van der Waals surface area contributed by atoms with E-state index in [0.717, 1.165) is 0 Å². The summed E-state index contributed by atoms with van der Waals surface area (Å²) in [7, 11) is 1.19. The molecule has 0 saturated heterocycles. The first-order valence-electron chi connectivity index (χ1n) is 5.74. The van der Waals surface area contributed by atoms with Crippen LogP contribution in [0.4, 0.5) is 0 Å². The van der Waals surface area contributed by atoms with Crippen LogP contribution in [0.15, 0.2) is 23.0 Å². The van der Waals surface area contributed by atoms with Gasteiger partial charge in [-0.1, -0.05) is 6.07 Å². The molecule has 20 heavy (non-hydrogen) atoms. The predicted octanol–water partition coefficient (Wildman–Crippen LogP) is -0.489. The van der Waals surface area contributed by atoms with Crippen LogP contribution in [-0.2, 0) is 14.3 Å². The number of carboxylic acid groups (broad SMARTS) is 1. The van der Waals surface area contributed by atoms with E-state index in [2.05, 4.69) is 15.0 Å². The van der Waals surface area contributed by atoms with Gasteiger partial charge in [-0.25, -0.2) is 4.79 Å². The summed E-state index contributed by atoms with van der Waals surface area (Å²) < 4.78 is 4.39. The van der Waals surface area contributed by atoms with Gasteiger partial charge in [0.25, 0.3) is 5.91 Å². The fourth-order valence-electron chi connectivity index (χ4n) is 1.44. The van der Waals surface area contributed by atoms with E-state index >= 15 is 0 Å². The van der Waals surface area contributed by atoms with Gasteiger partial charge in [0.2, 0.25) is 5.56 Å². The van der Waals surface area contributed by atoms with Crippen LogP contribution in [0.3, 0.4) is 0 Å². The van der Waals surface area contributed by atoms with E-state index in [1.165, 1.54) is 25.3 Å². The highest BCUT2D eigenvalue weighted by Gasteiger charge is 2.22. The van der Waals surface area contributed by atoms with E-state index in [4.69, 9.17) is 5.11 Å². The van der Waals surface area contributed by atoms with Gasteiger partial charge in [-0.2, -0.15) is 0 Å². The van der Waals surface area contributed by atoms with Crippen molar-refractivity contribution in [1.82, 2.24) is 10.3 Å². The molecule has 0 unspecified atom stereocenters. The van der Waals surface area contributed by atoms with Gasteiger partial charge < -0.3 is 20.1 Å². The van der Waals surface area contributed by atoms with Gasteiger partial charge >= 0.3 is 11.9 Å². The smallest absolute Gasteiger partial charge is 0.326 e. The third-order valence-electron chi connectivity index (χ3n) is 2.48. The van der Waals surface area contributed by atoms with Crippen LogP contribution in [0, 0.1) is 0 Å². The second kappa shape index (κ2) is 7.07. The number of rotatable bonds is 6. The number of aliphatic carboxylic acids is 1. The minimum Gasteiger partial charge on any atom is -0.480 e. The zero-order valence-electron chi connectivity index (χ0n) is 10.7. The molecule has 1 amide bonds. The van der Waals surface area contributed by atoms with Gasteiger partial charge in [0.15, 0.2) is 0 Å². The number of carbonyl (C=O) groups is 3. The Bertz CT molecular complexity index is 565. The Hall–Kier alpha value is -2.64. The molecule has 0 aliphatic carbocycles. The second-order valence-corrected chi connectivity index (χ2v) is 3.91. The number of carbonyl (C=O) groups excluding carboxylic acids is 2. The average Bonchev–Trinajstić information content (AvgIpc) is 2.42. The van der Waals surface area contributed by atoms with E-state index in [0.29, 0.717) is 0 Å². The summed E-state index contributed by atoms with van der Waals surface area (Å²) in [6.07, 6.45) is -0.246. The number of pyridine rings is 1. The lowest BCUT2D eigenvalue weighted by Gasteiger charge is -2.13. The average molecular weight is 282 g/mol. The lowest BCUT2D eigenvalue weighted by Crippen LogP contribution is -2.41. The van der Waals surface area contributed by atoms with Crippen LogP contribution >= 0.6 is 0 Å². The van der Waals surface area contributed by atoms with Gasteiger partial charge in [-0.3, -0.25) is 14.4 Å². The van der Waals surface area contributed by atoms with Crippen molar-refractivity contribution in [3.8, 4) is 0 Å². The third-order valence-corrected chi connectivity index (χ3v) is 2.48. The van der Waals surface area contributed by atoms with Crippen molar-refractivity contribution in [2.45, 2.75) is 18.9 Å². The van der Waals surface area contributed by atoms with Crippen LogP contribution in [0.1, 0.15) is 23.3 Å². The first-order chi connectivity index (χ1) is 9.43. The van der Waals surface area contributed by atoms with Crippen LogP contribution in [0.2, 0.25) is 0 Å². The van der Waals surface area contributed by atoms with Crippen molar-refractivity contribution in [2.24, 2.45) is 0 Å². The molecular formula is C12H14N2O6.